The summed E-state index contributed by atoms with van der Waals surface area (Å²) in [5.41, 5.74) is 0.977. The van der Waals surface area contributed by atoms with E-state index < -0.39 is 30.1 Å². The van der Waals surface area contributed by atoms with Crippen LogP contribution in [-0.4, -0.2) is 71.4 Å². The normalized spacial score (nSPS) is 19.3. The van der Waals surface area contributed by atoms with Crippen LogP contribution < -0.4 is 10.6 Å². The Bertz CT molecular complexity index is 893. The third-order valence-corrected chi connectivity index (χ3v) is 6.84. The second-order valence-corrected chi connectivity index (χ2v) is 11.1. The monoisotopic (exact) mass is 519 g/mol. The van der Waals surface area contributed by atoms with Crippen LogP contribution in [0.25, 0.3) is 0 Å². The van der Waals surface area contributed by atoms with Gasteiger partial charge in [-0.25, -0.2) is 4.79 Å². The molecule has 2 rings (SSSR count). The molecule has 0 bridgehead atoms. The zero-order valence-corrected chi connectivity index (χ0v) is 23.1. The first-order valence-corrected chi connectivity index (χ1v) is 14.1. The van der Waals surface area contributed by atoms with Crippen molar-refractivity contribution in [1.82, 2.24) is 15.5 Å². The number of benzene rings is 1. The smallest absolute Gasteiger partial charge is 0.407 e. The van der Waals surface area contributed by atoms with Crippen LogP contribution in [0.2, 0.25) is 0 Å². The minimum absolute atomic E-state index is 0.00144. The highest BCUT2D eigenvalue weighted by molar-refractivity contribution is 7.98. The number of ether oxygens (including phenoxy) is 1. The number of nitrogens with one attached hydrogen (secondary N) is 2. The summed E-state index contributed by atoms with van der Waals surface area (Å²) in [6, 6.07) is 7.26. The van der Waals surface area contributed by atoms with Crippen molar-refractivity contribution in [2.24, 2.45) is 11.8 Å². The zero-order chi connectivity index (χ0) is 26.8. The van der Waals surface area contributed by atoms with Crippen molar-refractivity contribution in [2.45, 2.75) is 78.0 Å². The van der Waals surface area contributed by atoms with Gasteiger partial charge in [0.1, 0.15) is 12.1 Å². The van der Waals surface area contributed by atoms with Crippen LogP contribution in [0.1, 0.15) is 53.0 Å². The standard InChI is InChI=1S/C27H41N3O5S/c1-17(2)16-35-27(34)29-21(12-13-36-6)25(32)28-22-14-19(5)30(26(22)33)23(24(31)18(3)4)15-20-10-8-7-9-11-20/h7-11,17-19,21-23H,12-16H2,1-6H3,(H,28,32)(H,29,34). The molecule has 36 heavy (non-hydrogen) atoms. The first-order valence-electron chi connectivity index (χ1n) is 12.7. The number of thioether (sulfide) groups is 1. The van der Waals surface area contributed by atoms with Gasteiger partial charge < -0.3 is 20.3 Å². The van der Waals surface area contributed by atoms with Crippen LogP contribution in [0.3, 0.4) is 0 Å². The van der Waals surface area contributed by atoms with E-state index in [9.17, 15) is 19.2 Å². The fourth-order valence-corrected chi connectivity index (χ4v) is 4.77. The molecule has 0 radical (unpaired) electrons. The van der Waals surface area contributed by atoms with Gasteiger partial charge in [0.25, 0.3) is 0 Å². The van der Waals surface area contributed by atoms with E-state index >= 15 is 0 Å². The van der Waals surface area contributed by atoms with Crippen LogP contribution in [-0.2, 0) is 25.5 Å². The van der Waals surface area contributed by atoms with Crippen molar-refractivity contribution in [2.75, 3.05) is 18.6 Å². The van der Waals surface area contributed by atoms with Gasteiger partial charge in [-0.3, -0.25) is 14.4 Å². The van der Waals surface area contributed by atoms with Crippen molar-refractivity contribution in [1.29, 1.82) is 0 Å². The van der Waals surface area contributed by atoms with Crippen LogP contribution in [0.15, 0.2) is 30.3 Å². The Labute approximate surface area is 219 Å². The minimum atomic E-state index is -0.813. The predicted molar refractivity (Wildman–Crippen MR) is 143 cm³/mol. The molecule has 0 aliphatic carbocycles. The number of carbonyl (C=O) groups is 4. The summed E-state index contributed by atoms with van der Waals surface area (Å²) in [6.45, 7) is 9.69. The number of alkyl carbamates (subject to hydrolysis) is 1. The SMILES string of the molecule is CSCCC(NC(=O)OCC(C)C)C(=O)NC1CC(C)N(C(Cc2ccccc2)C(=O)C(C)C)C1=O. The number of likely N-dealkylation sites (tertiary alicyclic amines) is 1. The number of rotatable bonds is 13. The van der Waals surface area contributed by atoms with Crippen molar-refractivity contribution in [3.8, 4) is 0 Å². The summed E-state index contributed by atoms with van der Waals surface area (Å²) in [5, 5.41) is 5.48. The van der Waals surface area contributed by atoms with Crippen molar-refractivity contribution in [3.05, 3.63) is 35.9 Å². The lowest BCUT2D eigenvalue weighted by molar-refractivity contribution is -0.141. The van der Waals surface area contributed by atoms with E-state index in [2.05, 4.69) is 10.6 Å². The lowest BCUT2D eigenvalue weighted by atomic mass is 9.94. The fraction of sp³-hybridized carbons (Fsp3) is 0.630. The number of hydrogen-bond donors (Lipinski definition) is 2. The van der Waals surface area contributed by atoms with E-state index in [1.165, 1.54) is 0 Å². The van der Waals surface area contributed by atoms with Gasteiger partial charge in [0, 0.05) is 12.0 Å². The Hall–Kier alpha value is -2.55. The molecule has 200 valence electrons. The largest absolute Gasteiger partial charge is 0.449 e. The maximum atomic E-state index is 13.5. The van der Waals surface area contributed by atoms with E-state index in [4.69, 9.17) is 4.74 Å². The maximum Gasteiger partial charge on any atom is 0.407 e. The van der Waals surface area contributed by atoms with Crippen LogP contribution in [0, 0.1) is 11.8 Å². The molecule has 3 amide bonds. The van der Waals surface area contributed by atoms with Gasteiger partial charge in [-0.1, -0.05) is 58.0 Å². The van der Waals surface area contributed by atoms with E-state index in [-0.39, 0.29) is 36.2 Å². The van der Waals surface area contributed by atoms with Gasteiger partial charge in [0.05, 0.1) is 12.6 Å². The first kappa shape index (κ1) is 29.7. The van der Waals surface area contributed by atoms with Crippen LogP contribution in [0.5, 0.6) is 0 Å². The lowest BCUT2D eigenvalue weighted by Gasteiger charge is -2.32. The van der Waals surface area contributed by atoms with Gasteiger partial charge >= 0.3 is 6.09 Å². The van der Waals surface area contributed by atoms with Crippen molar-refractivity contribution in [3.63, 3.8) is 0 Å². The lowest BCUT2D eigenvalue weighted by Crippen LogP contribution is -2.53. The Balaban J connectivity index is 2.14. The molecule has 0 saturated carbocycles. The number of carbonyl (C=O) groups excluding carboxylic acids is 4. The average molecular weight is 520 g/mol. The highest BCUT2D eigenvalue weighted by Gasteiger charge is 2.44. The zero-order valence-electron chi connectivity index (χ0n) is 22.3. The van der Waals surface area contributed by atoms with E-state index in [1.807, 2.05) is 71.2 Å². The van der Waals surface area contributed by atoms with E-state index in [0.29, 0.717) is 25.0 Å². The molecule has 1 aromatic carbocycles. The average Bonchev–Trinajstić information content (AvgIpc) is 3.11. The molecular formula is C27H41N3O5S. The molecule has 1 aliphatic rings. The highest BCUT2D eigenvalue weighted by atomic mass is 32.2. The summed E-state index contributed by atoms with van der Waals surface area (Å²) in [6.07, 6.45) is 2.50. The molecule has 0 spiro atoms. The third kappa shape index (κ3) is 8.54. The summed E-state index contributed by atoms with van der Waals surface area (Å²) in [5.74, 6) is -0.0892. The van der Waals surface area contributed by atoms with Gasteiger partial charge in [-0.15, -0.1) is 0 Å². The number of ketones is 1. The molecule has 1 saturated heterocycles. The number of hydrogen-bond acceptors (Lipinski definition) is 6. The summed E-state index contributed by atoms with van der Waals surface area (Å²) in [7, 11) is 0. The molecule has 4 unspecified atom stereocenters. The van der Waals surface area contributed by atoms with E-state index in [1.54, 1.807) is 16.7 Å². The molecule has 1 fully saturated rings. The van der Waals surface area contributed by atoms with Gasteiger partial charge in [-0.2, -0.15) is 11.8 Å². The third-order valence-electron chi connectivity index (χ3n) is 6.19. The van der Waals surface area contributed by atoms with Crippen molar-refractivity contribution < 1.29 is 23.9 Å². The molecule has 1 aliphatic heterocycles. The van der Waals surface area contributed by atoms with E-state index in [0.717, 1.165) is 5.56 Å². The molecule has 2 N–H and O–H groups in total. The Kier molecular flexibility index (Phi) is 11.8. The molecular weight excluding hydrogens is 478 g/mol. The Morgan fingerprint density at radius 1 is 1.14 bits per heavy atom. The highest BCUT2D eigenvalue weighted by Crippen LogP contribution is 2.26. The quantitative estimate of drug-likeness (QED) is 0.414. The van der Waals surface area contributed by atoms with Crippen LogP contribution in [0.4, 0.5) is 4.79 Å². The summed E-state index contributed by atoms with van der Waals surface area (Å²) < 4.78 is 5.18. The molecule has 4 atom stereocenters. The molecule has 1 aromatic rings. The van der Waals surface area contributed by atoms with Crippen molar-refractivity contribution >= 4 is 35.5 Å². The minimum Gasteiger partial charge on any atom is -0.449 e. The topological polar surface area (TPSA) is 105 Å². The Morgan fingerprint density at radius 2 is 1.81 bits per heavy atom. The molecule has 0 aromatic heterocycles. The predicted octanol–water partition coefficient (Wildman–Crippen LogP) is 3.43. The second-order valence-electron chi connectivity index (χ2n) is 10.1. The number of Topliss-reactive ketones (excluding diaryl/α,β-unsaturated/α-hetero) is 1. The number of nitrogens with zero attached hydrogens (tertiary/aromatic N) is 1. The first-order chi connectivity index (χ1) is 17.0. The molecule has 1 heterocycles. The Morgan fingerprint density at radius 3 is 2.39 bits per heavy atom. The molecule has 9 heteroatoms. The van der Waals surface area contributed by atoms with Gasteiger partial charge in [0.2, 0.25) is 11.8 Å². The fourth-order valence-electron chi connectivity index (χ4n) is 4.30. The molecule has 8 nitrogen and oxygen atoms in total. The van der Waals surface area contributed by atoms with Gasteiger partial charge in [0.15, 0.2) is 5.78 Å². The van der Waals surface area contributed by atoms with Gasteiger partial charge in [-0.05, 0) is 49.7 Å². The second kappa shape index (κ2) is 14.3. The van der Waals surface area contributed by atoms with Crippen LogP contribution >= 0.6 is 11.8 Å². The summed E-state index contributed by atoms with van der Waals surface area (Å²) in [4.78, 5) is 53.6. The maximum absolute atomic E-state index is 13.5. The summed E-state index contributed by atoms with van der Waals surface area (Å²) >= 11 is 1.56. The number of amides is 3.